The summed E-state index contributed by atoms with van der Waals surface area (Å²) in [6.07, 6.45) is 10.6. The van der Waals surface area contributed by atoms with Gasteiger partial charge in [-0.2, -0.15) is 4.31 Å². The first-order chi connectivity index (χ1) is 14.4. The highest BCUT2D eigenvalue weighted by Gasteiger charge is 2.31. The molecule has 2 heterocycles. The summed E-state index contributed by atoms with van der Waals surface area (Å²) < 4.78 is 53.5. The van der Waals surface area contributed by atoms with Gasteiger partial charge in [0.15, 0.2) is 0 Å². The third kappa shape index (κ3) is 4.89. The lowest BCUT2D eigenvalue weighted by Gasteiger charge is -2.23. The van der Waals surface area contributed by atoms with Crippen LogP contribution in [0.4, 0.5) is 4.39 Å². The molecule has 0 amide bonds. The SMILES string of the molecule is O=S(=O)(c1ccc(Cl)s1)N1CCOC2=CCC(COCC3C=CC=CC3F)C=C2C1. The number of rotatable bonds is 6. The van der Waals surface area contributed by atoms with E-state index < -0.39 is 16.2 Å². The molecule has 3 aliphatic rings. The molecule has 2 aliphatic carbocycles. The molecule has 1 aromatic rings. The number of fused-ring (bicyclic) bond motifs is 1. The van der Waals surface area contributed by atoms with Crippen LogP contribution in [0.2, 0.25) is 4.34 Å². The molecule has 0 N–H and O–H groups in total. The predicted octanol–water partition coefficient (Wildman–Crippen LogP) is 4.35. The van der Waals surface area contributed by atoms with E-state index in [9.17, 15) is 12.8 Å². The third-order valence-corrected chi connectivity index (χ3v) is 8.81. The summed E-state index contributed by atoms with van der Waals surface area (Å²) in [5.41, 5.74) is 0.836. The van der Waals surface area contributed by atoms with Crippen molar-refractivity contribution in [3.63, 3.8) is 0 Å². The molecule has 0 bridgehead atoms. The number of ether oxygens (including phenoxy) is 2. The average molecular weight is 472 g/mol. The molecule has 0 radical (unpaired) electrons. The van der Waals surface area contributed by atoms with E-state index in [4.69, 9.17) is 21.1 Å². The van der Waals surface area contributed by atoms with Gasteiger partial charge in [-0.05, 0) is 24.6 Å². The average Bonchev–Trinajstić information content (AvgIpc) is 3.05. The molecule has 30 heavy (non-hydrogen) atoms. The van der Waals surface area contributed by atoms with Crippen LogP contribution < -0.4 is 0 Å². The van der Waals surface area contributed by atoms with Crippen LogP contribution in [0.5, 0.6) is 0 Å². The molecule has 1 fully saturated rings. The zero-order valence-electron chi connectivity index (χ0n) is 16.2. The van der Waals surface area contributed by atoms with Crippen molar-refractivity contribution in [2.24, 2.45) is 11.8 Å². The molecule has 0 saturated carbocycles. The van der Waals surface area contributed by atoms with E-state index in [0.29, 0.717) is 24.2 Å². The van der Waals surface area contributed by atoms with Crippen LogP contribution in [0.15, 0.2) is 64.1 Å². The Morgan fingerprint density at radius 2 is 2.10 bits per heavy atom. The lowest BCUT2D eigenvalue weighted by atomic mass is 9.95. The zero-order valence-corrected chi connectivity index (χ0v) is 18.6. The number of hydrogen-bond donors (Lipinski definition) is 0. The molecule has 1 aliphatic heterocycles. The monoisotopic (exact) mass is 471 g/mol. The van der Waals surface area contributed by atoms with Crippen LogP contribution >= 0.6 is 22.9 Å². The Morgan fingerprint density at radius 3 is 2.87 bits per heavy atom. The largest absolute Gasteiger partial charge is 0.492 e. The fourth-order valence-corrected chi connectivity index (χ4v) is 6.69. The van der Waals surface area contributed by atoms with Gasteiger partial charge >= 0.3 is 0 Å². The number of allylic oxidation sites excluding steroid dienone is 4. The van der Waals surface area contributed by atoms with Gasteiger partial charge in [-0.1, -0.05) is 42.0 Å². The van der Waals surface area contributed by atoms with Gasteiger partial charge in [-0.25, -0.2) is 12.8 Å². The number of hydrogen-bond acceptors (Lipinski definition) is 5. The Morgan fingerprint density at radius 1 is 1.27 bits per heavy atom. The van der Waals surface area contributed by atoms with E-state index in [2.05, 4.69) is 0 Å². The molecular formula is C21H23ClFNO4S2. The van der Waals surface area contributed by atoms with Crippen molar-refractivity contribution in [2.75, 3.05) is 32.9 Å². The molecule has 5 nitrogen and oxygen atoms in total. The molecule has 1 aromatic heterocycles. The summed E-state index contributed by atoms with van der Waals surface area (Å²) >= 11 is 6.98. The van der Waals surface area contributed by atoms with Gasteiger partial charge in [-0.15, -0.1) is 11.3 Å². The normalized spacial score (nSPS) is 27.1. The summed E-state index contributed by atoms with van der Waals surface area (Å²) in [6.45, 7) is 1.56. The maximum atomic E-state index is 13.9. The summed E-state index contributed by atoms with van der Waals surface area (Å²) in [4.78, 5) is 0. The topological polar surface area (TPSA) is 55.8 Å². The fourth-order valence-electron chi connectivity index (χ4n) is 3.65. The lowest BCUT2D eigenvalue weighted by Crippen LogP contribution is -2.33. The highest BCUT2D eigenvalue weighted by atomic mass is 35.5. The second-order valence-electron chi connectivity index (χ2n) is 7.42. The van der Waals surface area contributed by atoms with Gasteiger partial charge in [0.25, 0.3) is 10.0 Å². The molecule has 3 unspecified atom stereocenters. The second kappa shape index (κ2) is 9.36. The van der Waals surface area contributed by atoms with Crippen LogP contribution in [0.1, 0.15) is 6.42 Å². The maximum Gasteiger partial charge on any atom is 0.253 e. The number of alkyl halides is 1. The van der Waals surface area contributed by atoms with E-state index in [0.717, 1.165) is 29.1 Å². The standard InChI is InChI=1S/C21H23ClFNO4S2/c22-20-7-8-21(29-20)30(25,26)24-9-10-28-19-6-5-15(11-17(19)12-24)13-27-14-16-3-1-2-4-18(16)23/h1-4,6-8,11,15-16,18H,5,9-10,12-14H2. The van der Waals surface area contributed by atoms with Crippen molar-refractivity contribution in [1.82, 2.24) is 4.31 Å². The highest BCUT2D eigenvalue weighted by molar-refractivity contribution is 7.91. The van der Waals surface area contributed by atoms with E-state index in [1.807, 2.05) is 24.3 Å². The van der Waals surface area contributed by atoms with Crippen LogP contribution in [0.3, 0.4) is 0 Å². The van der Waals surface area contributed by atoms with Crippen molar-refractivity contribution >= 4 is 33.0 Å². The van der Waals surface area contributed by atoms with Gasteiger partial charge in [0.1, 0.15) is 22.7 Å². The molecule has 0 spiro atoms. The van der Waals surface area contributed by atoms with Crippen molar-refractivity contribution in [2.45, 2.75) is 16.8 Å². The predicted molar refractivity (Wildman–Crippen MR) is 116 cm³/mol. The summed E-state index contributed by atoms with van der Waals surface area (Å²) in [5.74, 6) is 0.557. The number of sulfonamides is 1. The summed E-state index contributed by atoms with van der Waals surface area (Å²) in [6, 6.07) is 3.12. The van der Waals surface area contributed by atoms with Crippen molar-refractivity contribution in [3.8, 4) is 0 Å². The maximum absolute atomic E-state index is 13.9. The Bertz CT molecular complexity index is 998. The van der Waals surface area contributed by atoms with Gasteiger partial charge in [0, 0.05) is 30.5 Å². The molecule has 0 aromatic carbocycles. The van der Waals surface area contributed by atoms with Gasteiger partial charge in [0.05, 0.1) is 17.6 Å². The van der Waals surface area contributed by atoms with Crippen molar-refractivity contribution in [1.29, 1.82) is 0 Å². The van der Waals surface area contributed by atoms with Crippen molar-refractivity contribution in [3.05, 3.63) is 64.3 Å². The second-order valence-corrected chi connectivity index (χ2v) is 11.3. The lowest BCUT2D eigenvalue weighted by molar-refractivity contribution is 0.0754. The van der Waals surface area contributed by atoms with Crippen LogP contribution in [0, 0.1) is 11.8 Å². The van der Waals surface area contributed by atoms with Crippen LogP contribution in [0.25, 0.3) is 0 Å². The third-order valence-electron chi connectivity index (χ3n) is 5.26. The quantitative estimate of drug-likeness (QED) is 0.619. The first-order valence-corrected chi connectivity index (χ1v) is 12.4. The molecular weight excluding hydrogens is 449 g/mol. The minimum Gasteiger partial charge on any atom is -0.492 e. The Hall–Kier alpha value is -1.45. The summed E-state index contributed by atoms with van der Waals surface area (Å²) in [7, 11) is -3.64. The molecule has 1 saturated heterocycles. The number of nitrogens with zero attached hydrogens (tertiary/aromatic N) is 1. The summed E-state index contributed by atoms with van der Waals surface area (Å²) in [5, 5.41) is 0. The zero-order chi connectivity index (χ0) is 21.1. The molecule has 162 valence electrons. The van der Waals surface area contributed by atoms with Gasteiger partial charge in [0.2, 0.25) is 0 Å². The first-order valence-electron chi connectivity index (χ1n) is 9.80. The minimum atomic E-state index is -3.64. The highest BCUT2D eigenvalue weighted by Crippen LogP contribution is 2.32. The van der Waals surface area contributed by atoms with E-state index in [1.165, 1.54) is 16.4 Å². The van der Waals surface area contributed by atoms with Crippen molar-refractivity contribution < 1.29 is 22.3 Å². The Labute approximate surface area is 185 Å². The number of halogens is 2. The Kier molecular flexibility index (Phi) is 6.79. The van der Waals surface area contributed by atoms with Gasteiger partial charge in [-0.3, -0.25) is 0 Å². The van der Waals surface area contributed by atoms with E-state index in [-0.39, 0.29) is 29.1 Å². The minimum absolute atomic E-state index is 0.0901. The fraction of sp³-hybridized carbons (Fsp3) is 0.429. The smallest absolute Gasteiger partial charge is 0.253 e. The molecule has 9 heteroatoms. The van der Waals surface area contributed by atoms with Crippen LogP contribution in [-0.4, -0.2) is 51.8 Å². The number of thiophene rings is 1. The van der Waals surface area contributed by atoms with E-state index in [1.54, 1.807) is 12.1 Å². The first kappa shape index (κ1) is 21.8. The van der Waals surface area contributed by atoms with Crippen LogP contribution in [-0.2, 0) is 19.5 Å². The van der Waals surface area contributed by atoms with E-state index >= 15 is 0 Å². The molecule has 4 rings (SSSR count). The Balaban J connectivity index is 1.41. The van der Waals surface area contributed by atoms with Gasteiger partial charge < -0.3 is 9.47 Å². The molecule has 3 atom stereocenters.